The summed E-state index contributed by atoms with van der Waals surface area (Å²) in [5.74, 6) is -0.462. The van der Waals surface area contributed by atoms with E-state index in [1.54, 1.807) is 11.3 Å². The zero-order chi connectivity index (χ0) is 16.9. The first-order valence-corrected chi connectivity index (χ1v) is 9.24. The molecule has 1 aromatic carbocycles. The predicted molar refractivity (Wildman–Crippen MR) is 96.0 cm³/mol. The minimum atomic E-state index is -0.540. The van der Waals surface area contributed by atoms with Crippen LogP contribution in [0.15, 0.2) is 47.2 Å². The van der Waals surface area contributed by atoms with Crippen LogP contribution in [0.4, 0.5) is 0 Å². The van der Waals surface area contributed by atoms with Gasteiger partial charge >= 0.3 is 0 Å². The van der Waals surface area contributed by atoms with Crippen LogP contribution < -0.4 is 10.6 Å². The van der Waals surface area contributed by atoms with Gasteiger partial charge in [-0.05, 0) is 47.7 Å². The molecular formula is C19H22N2O2S. The summed E-state index contributed by atoms with van der Waals surface area (Å²) in [4.78, 5) is 25.1. The van der Waals surface area contributed by atoms with Gasteiger partial charge in [-0.25, -0.2) is 0 Å². The largest absolute Gasteiger partial charge is 0.352 e. The summed E-state index contributed by atoms with van der Waals surface area (Å²) in [6.45, 7) is 1.87. The average molecular weight is 342 g/mol. The van der Waals surface area contributed by atoms with E-state index in [1.165, 1.54) is 0 Å². The standard InChI is InChI=1S/C19H22N2O2S/c1-13(15-9-10-24-12-15)18(22)21-17(19(23)20-16-7-8-16)11-14-5-3-2-4-6-14/h2-6,9-10,12-13,16-17H,7-8,11H2,1H3,(H,20,23)(H,21,22)/t13-,17-/m0/s1. The fourth-order valence-corrected chi connectivity index (χ4v) is 3.31. The topological polar surface area (TPSA) is 58.2 Å². The van der Waals surface area contributed by atoms with Crippen molar-refractivity contribution in [1.29, 1.82) is 0 Å². The van der Waals surface area contributed by atoms with Crippen molar-refractivity contribution in [2.24, 2.45) is 0 Å². The maximum Gasteiger partial charge on any atom is 0.243 e. The molecular weight excluding hydrogens is 320 g/mol. The van der Waals surface area contributed by atoms with E-state index in [0.29, 0.717) is 6.42 Å². The highest BCUT2D eigenvalue weighted by Gasteiger charge is 2.29. The molecule has 1 fully saturated rings. The Labute approximate surface area is 146 Å². The van der Waals surface area contributed by atoms with Crippen molar-refractivity contribution in [3.63, 3.8) is 0 Å². The van der Waals surface area contributed by atoms with Gasteiger partial charge in [-0.3, -0.25) is 9.59 Å². The van der Waals surface area contributed by atoms with E-state index < -0.39 is 6.04 Å². The molecule has 1 saturated carbocycles. The van der Waals surface area contributed by atoms with Crippen molar-refractivity contribution < 1.29 is 9.59 Å². The van der Waals surface area contributed by atoms with E-state index in [4.69, 9.17) is 0 Å². The van der Waals surface area contributed by atoms with Gasteiger partial charge in [0.2, 0.25) is 11.8 Å². The minimum absolute atomic E-state index is 0.0905. The van der Waals surface area contributed by atoms with Gasteiger partial charge in [0.25, 0.3) is 0 Å². The summed E-state index contributed by atoms with van der Waals surface area (Å²) >= 11 is 1.57. The Morgan fingerprint density at radius 1 is 1.17 bits per heavy atom. The maximum atomic E-state index is 12.6. The summed E-state index contributed by atoms with van der Waals surface area (Å²) in [7, 11) is 0. The zero-order valence-corrected chi connectivity index (χ0v) is 14.5. The summed E-state index contributed by atoms with van der Waals surface area (Å²) in [6.07, 6.45) is 2.56. The van der Waals surface area contributed by atoms with Crippen LogP contribution in [0.5, 0.6) is 0 Å². The van der Waals surface area contributed by atoms with Gasteiger partial charge < -0.3 is 10.6 Å². The van der Waals surface area contributed by atoms with Crippen LogP contribution >= 0.6 is 11.3 Å². The molecule has 1 aliphatic carbocycles. The lowest BCUT2D eigenvalue weighted by Crippen LogP contribution is -2.49. The van der Waals surface area contributed by atoms with Crippen LogP contribution in [0.1, 0.15) is 36.8 Å². The lowest BCUT2D eigenvalue weighted by Gasteiger charge is -2.20. The van der Waals surface area contributed by atoms with E-state index in [9.17, 15) is 9.59 Å². The second-order valence-corrected chi connectivity index (χ2v) is 7.09. The SMILES string of the molecule is C[C@H](C(=O)N[C@@H](Cc1ccccc1)C(=O)NC1CC1)c1ccsc1. The number of amides is 2. The third-order valence-electron chi connectivity index (χ3n) is 4.28. The van der Waals surface area contributed by atoms with Crippen molar-refractivity contribution in [2.45, 2.75) is 44.2 Å². The number of carbonyl (C=O) groups excluding carboxylic acids is 2. The normalized spacial score (nSPS) is 16.2. The molecule has 0 saturated heterocycles. The summed E-state index contributed by atoms with van der Waals surface area (Å²) in [5.41, 5.74) is 2.02. The van der Waals surface area contributed by atoms with Gasteiger partial charge in [0, 0.05) is 12.5 Å². The summed E-state index contributed by atoms with van der Waals surface area (Å²) in [6, 6.07) is 11.5. The lowest BCUT2D eigenvalue weighted by atomic mass is 10.0. The summed E-state index contributed by atoms with van der Waals surface area (Å²) in [5, 5.41) is 9.87. The molecule has 4 nitrogen and oxygen atoms in total. The molecule has 0 aliphatic heterocycles. The van der Waals surface area contributed by atoms with Gasteiger partial charge in [0.1, 0.15) is 6.04 Å². The van der Waals surface area contributed by atoms with Crippen molar-refractivity contribution in [1.82, 2.24) is 10.6 Å². The molecule has 1 aromatic heterocycles. The molecule has 24 heavy (non-hydrogen) atoms. The molecule has 1 heterocycles. The number of carbonyl (C=O) groups is 2. The molecule has 0 spiro atoms. The number of hydrogen-bond donors (Lipinski definition) is 2. The molecule has 1 aliphatic rings. The fraction of sp³-hybridized carbons (Fsp3) is 0.368. The highest BCUT2D eigenvalue weighted by molar-refractivity contribution is 7.08. The molecule has 2 N–H and O–H groups in total. The monoisotopic (exact) mass is 342 g/mol. The number of benzene rings is 1. The van der Waals surface area contributed by atoms with Gasteiger partial charge in [-0.2, -0.15) is 11.3 Å². The van der Waals surface area contributed by atoms with Gasteiger partial charge in [-0.15, -0.1) is 0 Å². The number of thiophene rings is 1. The maximum absolute atomic E-state index is 12.6. The Morgan fingerprint density at radius 2 is 1.92 bits per heavy atom. The van der Waals surface area contributed by atoms with E-state index in [2.05, 4.69) is 10.6 Å². The first-order valence-electron chi connectivity index (χ1n) is 8.30. The highest BCUT2D eigenvalue weighted by Crippen LogP contribution is 2.20. The number of nitrogens with one attached hydrogen (secondary N) is 2. The van der Waals surface area contributed by atoms with Crippen LogP contribution in [0.3, 0.4) is 0 Å². The molecule has 3 rings (SSSR count). The van der Waals surface area contributed by atoms with Crippen molar-refractivity contribution >= 4 is 23.2 Å². The van der Waals surface area contributed by atoms with Crippen LogP contribution in [0.25, 0.3) is 0 Å². The van der Waals surface area contributed by atoms with Crippen LogP contribution in [-0.2, 0) is 16.0 Å². The molecule has 126 valence electrons. The first-order chi connectivity index (χ1) is 11.6. The summed E-state index contributed by atoms with van der Waals surface area (Å²) < 4.78 is 0. The Hall–Kier alpha value is -2.14. The first kappa shape index (κ1) is 16.7. The predicted octanol–water partition coefficient (Wildman–Crippen LogP) is 2.86. The van der Waals surface area contributed by atoms with Gasteiger partial charge in [0.05, 0.1) is 5.92 Å². The van der Waals surface area contributed by atoms with E-state index in [-0.39, 0.29) is 23.8 Å². The average Bonchev–Trinajstić information content (AvgIpc) is 3.23. The lowest BCUT2D eigenvalue weighted by molar-refractivity contribution is -0.129. The van der Waals surface area contributed by atoms with Gasteiger partial charge in [-0.1, -0.05) is 30.3 Å². The van der Waals surface area contributed by atoms with E-state index in [0.717, 1.165) is 24.0 Å². The Balaban J connectivity index is 1.68. The smallest absolute Gasteiger partial charge is 0.243 e. The number of rotatable bonds is 7. The quantitative estimate of drug-likeness (QED) is 0.813. The van der Waals surface area contributed by atoms with Gasteiger partial charge in [0.15, 0.2) is 0 Å². The van der Waals surface area contributed by atoms with Crippen molar-refractivity contribution in [3.8, 4) is 0 Å². The van der Waals surface area contributed by atoms with Crippen molar-refractivity contribution in [3.05, 3.63) is 58.3 Å². The van der Waals surface area contributed by atoms with E-state index in [1.807, 2.05) is 54.1 Å². The molecule has 2 aromatic rings. The minimum Gasteiger partial charge on any atom is -0.352 e. The second-order valence-electron chi connectivity index (χ2n) is 6.31. The van der Waals surface area contributed by atoms with Crippen LogP contribution in [0.2, 0.25) is 0 Å². The van der Waals surface area contributed by atoms with Crippen LogP contribution in [-0.4, -0.2) is 23.9 Å². The molecule has 5 heteroatoms. The Morgan fingerprint density at radius 3 is 2.54 bits per heavy atom. The fourth-order valence-electron chi connectivity index (χ4n) is 2.56. The number of hydrogen-bond acceptors (Lipinski definition) is 3. The Kier molecular flexibility index (Phi) is 5.30. The molecule has 2 atom stereocenters. The second kappa shape index (κ2) is 7.62. The molecule has 0 radical (unpaired) electrons. The van der Waals surface area contributed by atoms with Crippen LogP contribution in [0, 0.1) is 0 Å². The zero-order valence-electron chi connectivity index (χ0n) is 13.7. The molecule has 2 amide bonds. The molecule has 0 unspecified atom stereocenters. The third-order valence-corrected chi connectivity index (χ3v) is 4.98. The van der Waals surface area contributed by atoms with E-state index >= 15 is 0 Å². The third kappa shape index (κ3) is 4.45. The van der Waals surface area contributed by atoms with Crippen molar-refractivity contribution in [2.75, 3.05) is 0 Å². The molecule has 0 bridgehead atoms. The Bertz CT molecular complexity index is 681. The highest BCUT2D eigenvalue weighted by atomic mass is 32.1.